The molecule has 0 saturated heterocycles. The Bertz CT molecular complexity index is 1230. The smallest absolute Gasteiger partial charge is 0.404 e. The number of nitriles is 1. The van der Waals surface area contributed by atoms with E-state index in [1.807, 2.05) is 6.07 Å². The second-order valence-electron chi connectivity index (χ2n) is 7.10. The van der Waals surface area contributed by atoms with E-state index >= 15 is 0 Å². The molecule has 156 valence electrons. The second-order valence-corrected chi connectivity index (χ2v) is 7.47. The fourth-order valence-corrected chi connectivity index (χ4v) is 4.16. The number of ether oxygens (including phenoxy) is 1. The lowest BCUT2D eigenvalue weighted by Gasteiger charge is -2.29. The summed E-state index contributed by atoms with van der Waals surface area (Å²) in [6, 6.07) is 15.8. The van der Waals surface area contributed by atoms with Crippen molar-refractivity contribution < 1.29 is 23.4 Å². The van der Waals surface area contributed by atoms with Gasteiger partial charge in [-0.05, 0) is 17.7 Å². The summed E-state index contributed by atoms with van der Waals surface area (Å²) in [4.78, 5) is 11.2. The molecular formula is C23H15ClF2N2O3. The first-order valence-corrected chi connectivity index (χ1v) is 9.65. The molecule has 0 bridgehead atoms. The third-order valence-electron chi connectivity index (χ3n) is 5.26. The monoisotopic (exact) mass is 440 g/mol. The van der Waals surface area contributed by atoms with E-state index < -0.39 is 23.3 Å². The summed E-state index contributed by atoms with van der Waals surface area (Å²) in [6.45, 7) is -0.137. The molecule has 0 saturated carbocycles. The highest BCUT2D eigenvalue weighted by atomic mass is 35.5. The van der Waals surface area contributed by atoms with E-state index in [2.05, 4.69) is 5.32 Å². The Morgan fingerprint density at radius 3 is 2.58 bits per heavy atom. The van der Waals surface area contributed by atoms with Gasteiger partial charge in [0.1, 0.15) is 17.4 Å². The number of hydrogen-bond donors (Lipinski definition) is 2. The molecule has 3 aromatic carbocycles. The second kappa shape index (κ2) is 7.89. The lowest BCUT2D eigenvalue weighted by atomic mass is 9.85. The molecule has 1 aliphatic heterocycles. The number of benzene rings is 3. The molecule has 4 rings (SSSR count). The lowest BCUT2D eigenvalue weighted by Crippen LogP contribution is -2.43. The summed E-state index contributed by atoms with van der Waals surface area (Å²) in [5.41, 5.74) is -0.258. The van der Waals surface area contributed by atoms with Gasteiger partial charge in [-0.3, -0.25) is 0 Å². The summed E-state index contributed by atoms with van der Waals surface area (Å²) in [6.07, 6.45) is -1.17. The first-order chi connectivity index (χ1) is 14.9. The third kappa shape index (κ3) is 3.56. The number of nitrogens with zero attached hydrogens (tertiary/aromatic N) is 1. The van der Waals surface area contributed by atoms with Crippen LogP contribution in [-0.2, 0) is 12.0 Å². The van der Waals surface area contributed by atoms with Crippen LogP contribution in [0.1, 0.15) is 16.7 Å². The number of fused-ring (bicyclic) bond motifs is 1. The van der Waals surface area contributed by atoms with E-state index in [0.717, 1.165) is 12.1 Å². The Hall–Kier alpha value is -3.63. The summed E-state index contributed by atoms with van der Waals surface area (Å²) in [5, 5.41) is 20.6. The maximum Gasteiger partial charge on any atom is 0.404 e. The van der Waals surface area contributed by atoms with Crippen LogP contribution in [0, 0.1) is 23.0 Å². The third-order valence-corrected chi connectivity index (χ3v) is 5.63. The topological polar surface area (TPSA) is 82.4 Å². The number of hydrogen-bond acceptors (Lipinski definition) is 3. The molecule has 1 atom stereocenters. The number of rotatable bonds is 4. The van der Waals surface area contributed by atoms with Crippen LogP contribution in [0.3, 0.4) is 0 Å². The van der Waals surface area contributed by atoms with Gasteiger partial charge in [0, 0.05) is 29.2 Å². The number of carbonyl (C=O) groups is 1. The van der Waals surface area contributed by atoms with E-state index in [9.17, 15) is 18.8 Å². The quantitative estimate of drug-likeness (QED) is 0.580. The number of carboxylic acid groups (broad SMARTS) is 1. The first-order valence-electron chi connectivity index (χ1n) is 9.27. The molecule has 0 spiro atoms. The molecule has 31 heavy (non-hydrogen) atoms. The van der Waals surface area contributed by atoms with Gasteiger partial charge in [0.05, 0.1) is 23.2 Å². The van der Waals surface area contributed by atoms with Crippen LogP contribution in [-0.4, -0.2) is 17.7 Å². The molecule has 1 heterocycles. The highest BCUT2D eigenvalue weighted by Crippen LogP contribution is 2.49. The molecule has 3 aromatic rings. The Balaban J connectivity index is 1.94. The highest BCUT2D eigenvalue weighted by molar-refractivity contribution is 6.34. The molecule has 1 amide bonds. The van der Waals surface area contributed by atoms with Gasteiger partial charge >= 0.3 is 6.09 Å². The fraction of sp³-hybridized carbons (Fsp3) is 0.130. The van der Waals surface area contributed by atoms with Crippen molar-refractivity contribution in [2.24, 2.45) is 0 Å². The Morgan fingerprint density at radius 1 is 1.16 bits per heavy atom. The van der Waals surface area contributed by atoms with Crippen LogP contribution >= 0.6 is 11.6 Å². The summed E-state index contributed by atoms with van der Waals surface area (Å²) < 4.78 is 35.7. The highest BCUT2D eigenvalue weighted by Gasteiger charge is 2.44. The summed E-state index contributed by atoms with van der Waals surface area (Å²) in [5.74, 6) is -1.45. The zero-order chi connectivity index (χ0) is 22.2. The van der Waals surface area contributed by atoms with Gasteiger partial charge in [-0.2, -0.15) is 5.26 Å². The van der Waals surface area contributed by atoms with Crippen molar-refractivity contribution in [2.45, 2.75) is 12.0 Å². The SMILES string of the molecule is N#Cc1cccc(F)c1-c1c(Cl)c(F)cc2c1C[C@@](CNC(=O)O)(c1ccccc1)O2. The van der Waals surface area contributed by atoms with E-state index in [1.165, 1.54) is 12.1 Å². The van der Waals surface area contributed by atoms with Crippen molar-refractivity contribution in [3.8, 4) is 22.9 Å². The van der Waals surface area contributed by atoms with E-state index in [-0.39, 0.29) is 40.4 Å². The first kappa shape index (κ1) is 20.6. The van der Waals surface area contributed by atoms with Crippen LogP contribution in [0.4, 0.5) is 13.6 Å². The molecule has 0 aliphatic carbocycles. The van der Waals surface area contributed by atoms with Crippen LogP contribution in [0.2, 0.25) is 5.02 Å². The minimum absolute atomic E-state index is 0.00410. The van der Waals surface area contributed by atoms with Crippen molar-refractivity contribution in [1.29, 1.82) is 5.26 Å². The largest absolute Gasteiger partial charge is 0.480 e. The van der Waals surface area contributed by atoms with Crippen LogP contribution in [0.25, 0.3) is 11.1 Å². The Morgan fingerprint density at radius 2 is 1.90 bits per heavy atom. The molecule has 0 unspecified atom stereocenters. The van der Waals surface area contributed by atoms with Gasteiger partial charge in [0.15, 0.2) is 5.60 Å². The minimum atomic E-state index is -1.25. The molecule has 5 nitrogen and oxygen atoms in total. The maximum absolute atomic E-state index is 14.8. The summed E-state index contributed by atoms with van der Waals surface area (Å²) >= 11 is 6.26. The minimum Gasteiger partial charge on any atom is -0.480 e. The van der Waals surface area contributed by atoms with Gasteiger partial charge in [-0.1, -0.05) is 48.0 Å². The van der Waals surface area contributed by atoms with Crippen molar-refractivity contribution in [1.82, 2.24) is 5.32 Å². The predicted molar refractivity (Wildman–Crippen MR) is 110 cm³/mol. The van der Waals surface area contributed by atoms with Gasteiger partial charge in [0.25, 0.3) is 0 Å². The Kier molecular flexibility index (Phi) is 5.25. The zero-order valence-corrected chi connectivity index (χ0v) is 16.7. The van der Waals surface area contributed by atoms with Crippen LogP contribution < -0.4 is 10.1 Å². The summed E-state index contributed by atoms with van der Waals surface area (Å²) in [7, 11) is 0. The van der Waals surface area contributed by atoms with E-state index in [0.29, 0.717) is 11.1 Å². The lowest BCUT2D eigenvalue weighted by molar-refractivity contribution is 0.0896. The van der Waals surface area contributed by atoms with Crippen molar-refractivity contribution in [3.05, 3.63) is 87.9 Å². The average Bonchev–Trinajstić information content (AvgIpc) is 3.13. The molecule has 0 radical (unpaired) electrons. The molecular weight excluding hydrogens is 426 g/mol. The standard InChI is InChI=1S/C23H15ClF2N2O3/c24-21-17(26)9-18-15(20(21)19-13(11-27)5-4-8-16(19)25)10-23(31-18,12-28-22(29)30)14-6-2-1-3-7-14/h1-9,28H,10,12H2,(H,29,30)/t23-/m1/s1. The molecule has 0 aromatic heterocycles. The van der Waals surface area contributed by atoms with Crippen molar-refractivity contribution in [2.75, 3.05) is 6.54 Å². The zero-order valence-electron chi connectivity index (χ0n) is 16.0. The van der Waals surface area contributed by atoms with Gasteiger partial charge in [-0.15, -0.1) is 0 Å². The predicted octanol–water partition coefficient (Wildman–Crippen LogP) is 5.25. The van der Waals surface area contributed by atoms with Crippen molar-refractivity contribution >= 4 is 17.7 Å². The van der Waals surface area contributed by atoms with Crippen molar-refractivity contribution in [3.63, 3.8) is 0 Å². The van der Waals surface area contributed by atoms with E-state index in [1.54, 1.807) is 30.3 Å². The van der Waals surface area contributed by atoms with Gasteiger partial charge < -0.3 is 15.2 Å². The number of amides is 1. The molecule has 2 N–H and O–H groups in total. The average molecular weight is 441 g/mol. The molecule has 8 heteroatoms. The molecule has 0 fully saturated rings. The normalized spacial score (nSPS) is 16.8. The number of nitrogens with one attached hydrogen (secondary N) is 1. The van der Waals surface area contributed by atoms with Crippen LogP contribution in [0.15, 0.2) is 54.6 Å². The molecule has 1 aliphatic rings. The maximum atomic E-state index is 14.8. The van der Waals surface area contributed by atoms with Crippen LogP contribution in [0.5, 0.6) is 5.75 Å². The van der Waals surface area contributed by atoms with Gasteiger partial charge in [0.2, 0.25) is 0 Å². The van der Waals surface area contributed by atoms with Gasteiger partial charge in [-0.25, -0.2) is 13.6 Å². The number of halogens is 3. The van der Waals surface area contributed by atoms with E-state index in [4.69, 9.17) is 21.4 Å². The Labute approximate surface area is 181 Å². The fourth-order valence-electron chi connectivity index (χ4n) is 3.89.